The molecular weight excluding hydrogens is 295 g/mol. The number of aliphatic hydroxyl groups is 1. The lowest BCUT2D eigenvalue weighted by atomic mass is 10.1. The molecule has 0 radical (unpaired) electrons. The Bertz CT molecular complexity index is 659. The number of carbonyl (C=O) groups excluding carboxylic acids is 1. The number of hydrogen-bond donors (Lipinski definition) is 2. The van der Waals surface area contributed by atoms with Gasteiger partial charge >= 0.3 is 0 Å². The summed E-state index contributed by atoms with van der Waals surface area (Å²) in [6, 6.07) is 13.5. The van der Waals surface area contributed by atoms with Crippen LogP contribution in [0.2, 0.25) is 0 Å². The van der Waals surface area contributed by atoms with Crippen LogP contribution < -0.4 is 10.2 Å². The van der Waals surface area contributed by atoms with Crippen LogP contribution in [0.25, 0.3) is 0 Å². The van der Waals surface area contributed by atoms with E-state index in [9.17, 15) is 14.3 Å². The van der Waals surface area contributed by atoms with Gasteiger partial charge in [-0.3, -0.25) is 4.79 Å². The first-order valence-electron chi connectivity index (χ1n) is 7.43. The molecule has 0 spiro atoms. The maximum atomic E-state index is 14.1. The van der Waals surface area contributed by atoms with E-state index in [-0.39, 0.29) is 12.2 Å². The lowest BCUT2D eigenvalue weighted by Gasteiger charge is -2.18. The largest absolute Gasteiger partial charge is 0.394 e. The number of anilines is 1. The third-order valence-electron chi connectivity index (χ3n) is 3.59. The van der Waals surface area contributed by atoms with Gasteiger partial charge in [0.1, 0.15) is 5.82 Å². The van der Waals surface area contributed by atoms with Crippen molar-refractivity contribution >= 4 is 11.6 Å². The number of nitrogens with zero attached hydrogens (tertiary/aromatic N) is 1. The number of hydrogen-bond acceptors (Lipinski definition) is 3. The van der Waals surface area contributed by atoms with E-state index in [0.29, 0.717) is 12.1 Å². The van der Waals surface area contributed by atoms with E-state index < -0.39 is 17.8 Å². The highest BCUT2D eigenvalue weighted by molar-refractivity contribution is 5.95. The monoisotopic (exact) mass is 316 g/mol. The molecule has 0 heterocycles. The standard InChI is InChI=1S/C18H21FN2O2/c1-21(2)15-8-9-16(17(19)11-15)18(23)20-14(12-22)10-13-6-4-3-5-7-13/h3-9,11,14,22H,10,12H2,1-2H3,(H,20,23). The SMILES string of the molecule is CN(C)c1ccc(C(=O)NC(CO)Cc2ccccc2)c(F)c1. The summed E-state index contributed by atoms with van der Waals surface area (Å²) in [7, 11) is 3.60. The van der Waals surface area contributed by atoms with Crippen LogP contribution in [-0.4, -0.2) is 37.8 Å². The highest BCUT2D eigenvalue weighted by Crippen LogP contribution is 2.17. The van der Waals surface area contributed by atoms with Crippen LogP contribution in [0.1, 0.15) is 15.9 Å². The van der Waals surface area contributed by atoms with E-state index in [4.69, 9.17) is 0 Å². The Hall–Kier alpha value is -2.40. The minimum atomic E-state index is -0.579. The van der Waals surface area contributed by atoms with Gasteiger partial charge in [0.15, 0.2) is 0 Å². The summed E-state index contributed by atoms with van der Waals surface area (Å²) >= 11 is 0. The van der Waals surface area contributed by atoms with Crippen LogP contribution in [0.15, 0.2) is 48.5 Å². The Morgan fingerprint density at radius 3 is 2.48 bits per heavy atom. The predicted molar refractivity (Wildman–Crippen MR) is 89.2 cm³/mol. The van der Waals surface area contributed by atoms with E-state index in [0.717, 1.165) is 5.56 Å². The van der Waals surface area contributed by atoms with E-state index >= 15 is 0 Å². The van der Waals surface area contributed by atoms with Gasteiger partial charge in [0, 0.05) is 19.8 Å². The maximum absolute atomic E-state index is 14.1. The van der Waals surface area contributed by atoms with Gasteiger partial charge in [-0.2, -0.15) is 0 Å². The van der Waals surface area contributed by atoms with E-state index in [1.165, 1.54) is 12.1 Å². The molecule has 0 saturated heterocycles. The second-order valence-electron chi connectivity index (χ2n) is 5.60. The fraction of sp³-hybridized carbons (Fsp3) is 0.278. The first-order chi connectivity index (χ1) is 11.0. The van der Waals surface area contributed by atoms with Gasteiger partial charge in [-0.25, -0.2) is 4.39 Å². The molecule has 0 saturated carbocycles. The molecular formula is C18H21FN2O2. The van der Waals surface area contributed by atoms with E-state index in [1.54, 1.807) is 25.1 Å². The minimum Gasteiger partial charge on any atom is -0.394 e. The normalized spacial score (nSPS) is 11.8. The molecule has 1 amide bonds. The molecule has 2 aromatic rings. The van der Waals surface area contributed by atoms with Crippen molar-refractivity contribution in [2.75, 3.05) is 25.6 Å². The van der Waals surface area contributed by atoms with Crippen molar-refractivity contribution in [1.29, 1.82) is 0 Å². The van der Waals surface area contributed by atoms with Gasteiger partial charge in [-0.05, 0) is 30.2 Å². The highest BCUT2D eigenvalue weighted by atomic mass is 19.1. The Morgan fingerprint density at radius 2 is 1.91 bits per heavy atom. The molecule has 1 unspecified atom stereocenters. The number of rotatable bonds is 6. The van der Waals surface area contributed by atoms with E-state index in [2.05, 4.69) is 5.32 Å². The molecule has 0 fully saturated rings. The fourth-order valence-electron chi connectivity index (χ4n) is 2.29. The number of amides is 1. The molecule has 2 rings (SSSR count). The molecule has 5 heteroatoms. The molecule has 1 atom stereocenters. The second-order valence-corrected chi connectivity index (χ2v) is 5.60. The highest BCUT2D eigenvalue weighted by Gasteiger charge is 2.17. The van der Waals surface area contributed by atoms with Crippen LogP contribution in [0, 0.1) is 5.82 Å². The number of carbonyl (C=O) groups is 1. The quantitative estimate of drug-likeness (QED) is 0.859. The van der Waals surface area contributed by atoms with E-state index in [1.807, 2.05) is 30.3 Å². The molecule has 0 aliphatic carbocycles. The molecule has 4 nitrogen and oxygen atoms in total. The smallest absolute Gasteiger partial charge is 0.254 e. The lowest BCUT2D eigenvalue weighted by molar-refractivity contribution is 0.0912. The summed E-state index contributed by atoms with van der Waals surface area (Å²) in [5, 5.41) is 12.1. The average molecular weight is 316 g/mol. The fourth-order valence-corrected chi connectivity index (χ4v) is 2.29. The van der Waals surface area contributed by atoms with Crippen LogP contribution in [0.5, 0.6) is 0 Å². The Labute approximate surface area is 135 Å². The number of halogens is 1. The topological polar surface area (TPSA) is 52.6 Å². The van der Waals surface area contributed by atoms with Crippen molar-refractivity contribution in [3.05, 3.63) is 65.5 Å². The van der Waals surface area contributed by atoms with Gasteiger partial charge in [0.2, 0.25) is 0 Å². The molecule has 122 valence electrons. The van der Waals surface area contributed by atoms with Crippen LogP contribution in [-0.2, 0) is 6.42 Å². The molecule has 0 bridgehead atoms. The zero-order valence-corrected chi connectivity index (χ0v) is 13.3. The maximum Gasteiger partial charge on any atom is 0.254 e. The zero-order valence-electron chi connectivity index (χ0n) is 13.3. The van der Waals surface area contributed by atoms with Crippen LogP contribution in [0.4, 0.5) is 10.1 Å². The molecule has 2 N–H and O–H groups in total. The molecule has 0 aliphatic rings. The Kier molecular flexibility index (Phi) is 5.71. The van der Waals surface area contributed by atoms with Gasteiger partial charge in [-0.15, -0.1) is 0 Å². The number of benzene rings is 2. The molecule has 0 aromatic heterocycles. The number of nitrogens with one attached hydrogen (secondary N) is 1. The van der Waals surface area contributed by atoms with Crippen molar-refractivity contribution in [2.45, 2.75) is 12.5 Å². The number of aliphatic hydroxyl groups excluding tert-OH is 1. The lowest BCUT2D eigenvalue weighted by Crippen LogP contribution is -2.39. The third kappa shape index (κ3) is 4.53. The zero-order chi connectivity index (χ0) is 16.8. The molecule has 23 heavy (non-hydrogen) atoms. The van der Waals surface area contributed by atoms with Gasteiger partial charge < -0.3 is 15.3 Å². The van der Waals surface area contributed by atoms with Crippen molar-refractivity contribution in [2.24, 2.45) is 0 Å². The summed E-state index contributed by atoms with van der Waals surface area (Å²) in [5.41, 5.74) is 1.65. The van der Waals surface area contributed by atoms with Crippen molar-refractivity contribution in [3.8, 4) is 0 Å². The van der Waals surface area contributed by atoms with Gasteiger partial charge in [-0.1, -0.05) is 30.3 Å². The van der Waals surface area contributed by atoms with Crippen molar-refractivity contribution in [1.82, 2.24) is 5.32 Å². The minimum absolute atomic E-state index is 0.0258. The van der Waals surface area contributed by atoms with Crippen molar-refractivity contribution < 1.29 is 14.3 Å². The summed E-state index contributed by atoms with van der Waals surface area (Å²) < 4.78 is 14.1. The van der Waals surface area contributed by atoms with Gasteiger partial charge in [0.05, 0.1) is 18.2 Å². The molecule has 0 aliphatic heterocycles. The second kappa shape index (κ2) is 7.74. The van der Waals surface area contributed by atoms with Crippen LogP contribution >= 0.6 is 0 Å². The molecule has 2 aromatic carbocycles. The summed E-state index contributed by atoms with van der Waals surface area (Å²) in [4.78, 5) is 14.0. The average Bonchev–Trinajstić information content (AvgIpc) is 2.54. The van der Waals surface area contributed by atoms with Gasteiger partial charge in [0.25, 0.3) is 5.91 Å². The van der Waals surface area contributed by atoms with Crippen LogP contribution in [0.3, 0.4) is 0 Å². The van der Waals surface area contributed by atoms with Crippen molar-refractivity contribution in [3.63, 3.8) is 0 Å². The first kappa shape index (κ1) is 17.0. The third-order valence-corrected chi connectivity index (χ3v) is 3.59. The Balaban J connectivity index is 2.07. The summed E-state index contributed by atoms with van der Waals surface area (Å²) in [6.45, 7) is -0.210. The predicted octanol–water partition coefficient (Wildman–Crippen LogP) is 2.23. The summed E-state index contributed by atoms with van der Waals surface area (Å²) in [6.07, 6.45) is 0.487. The summed E-state index contributed by atoms with van der Waals surface area (Å²) in [5.74, 6) is -1.10. The Morgan fingerprint density at radius 1 is 1.22 bits per heavy atom. The first-order valence-corrected chi connectivity index (χ1v) is 7.43.